The lowest BCUT2D eigenvalue weighted by molar-refractivity contribution is -0.123. The van der Waals surface area contributed by atoms with Gasteiger partial charge in [0, 0.05) is 0 Å². The average Bonchev–Trinajstić information content (AvgIpc) is 2.80. The zero-order chi connectivity index (χ0) is 23.2. The fraction of sp³-hybridized carbons (Fsp3) is 0.296. The molecule has 0 bridgehead atoms. The van der Waals surface area contributed by atoms with Crippen LogP contribution in [0, 0.1) is 0 Å². The minimum atomic E-state index is -2.72. The van der Waals surface area contributed by atoms with E-state index in [4.69, 9.17) is 10.2 Å². The number of nitrogens with one attached hydrogen (secondary N) is 1. The quantitative estimate of drug-likeness (QED) is 0.518. The second-order valence-corrected chi connectivity index (χ2v) is 13.5. The summed E-state index contributed by atoms with van der Waals surface area (Å²) in [6, 6.07) is 29.7. The zero-order valence-corrected chi connectivity index (χ0v) is 20.4. The predicted octanol–water partition coefficient (Wildman–Crippen LogP) is 3.77. The molecule has 0 unspecified atom stereocenters. The summed E-state index contributed by atoms with van der Waals surface area (Å²) in [4.78, 5) is 12.9. The van der Waals surface area contributed by atoms with E-state index in [1.807, 2.05) is 73.7 Å². The maximum absolute atomic E-state index is 12.9. The van der Waals surface area contributed by atoms with Crippen LogP contribution >= 0.6 is 0 Å². The monoisotopic (exact) mass is 446 g/mol. The van der Waals surface area contributed by atoms with Gasteiger partial charge < -0.3 is 15.5 Å². The van der Waals surface area contributed by atoms with Gasteiger partial charge in [0.05, 0.1) is 12.6 Å². The number of nitrogens with two attached hydrogens (primary N) is 1. The Balaban J connectivity index is 1.85. The number of benzene rings is 3. The predicted molar refractivity (Wildman–Crippen MR) is 135 cm³/mol. The summed E-state index contributed by atoms with van der Waals surface area (Å²) in [7, 11) is -2.72. The maximum atomic E-state index is 12.9. The van der Waals surface area contributed by atoms with Gasteiger partial charge in [-0.1, -0.05) is 112 Å². The van der Waals surface area contributed by atoms with Gasteiger partial charge in [-0.05, 0) is 27.9 Å². The molecule has 168 valence electrons. The molecule has 3 N–H and O–H groups in total. The van der Waals surface area contributed by atoms with Crippen molar-refractivity contribution < 1.29 is 9.22 Å². The third-order valence-electron chi connectivity index (χ3n) is 5.89. The molecule has 3 aromatic rings. The van der Waals surface area contributed by atoms with Crippen LogP contribution in [0.2, 0.25) is 5.04 Å². The highest BCUT2D eigenvalue weighted by Crippen LogP contribution is 2.36. The van der Waals surface area contributed by atoms with Gasteiger partial charge in [-0.2, -0.15) is 0 Å². The molecular formula is C27H34N2O2Si. The summed E-state index contributed by atoms with van der Waals surface area (Å²) in [5, 5.41) is 5.20. The number of carbonyl (C=O) groups is 1. The van der Waals surface area contributed by atoms with Crippen molar-refractivity contribution in [1.29, 1.82) is 0 Å². The molecule has 0 heterocycles. The molecule has 0 aromatic heterocycles. The summed E-state index contributed by atoms with van der Waals surface area (Å²) >= 11 is 0. The van der Waals surface area contributed by atoms with Crippen molar-refractivity contribution >= 4 is 24.6 Å². The Kier molecular flexibility index (Phi) is 7.67. The molecule has 32 heavy (non-hydrogen) atoms. The summed E-state index contributed by atoms with van der Waals surface area (Å²) in [6.45, 7) is 8.75. The molecule has 3 aromatic carbocycles. The first-order valence-electron chi connectivity index (χ1n) is 11.1. The van der Waals surface area contributed by atoms with Gasteiger partial charge in [-0.15, -0.1) is 0 Å². The molecular weight excluding hydrogens is 412 g/mol. The lowest BCUT2D eigenvalue weighted by Gasteiger charge is -2.43. The van der Waals surface area contributed by atoms with E-state index < -0.39 is 14.4 Å². The van der Waals surface area contributed by atoms with Gasteiger partial charge in [0.25, 0.3) is 8.32 Å². The molecule has 0 saturated heterocycles. The Morgan fingerprint density at radius 1 is 0.875 bits per heavy atom. The van der Waals surface area contributed by atoms with Crippen LogP contribution in [-0.4, -0.2) is 26.9 Å². The Hall–Kier alpha value is -2.73. The van der Waals surface area contributed by atoms with E-state index in [9.17, 15) is 4.79 Å². The fourth-order valence-corrected chi connectivity index (χ4v) is 8.78. The van der Waals surface area contributed by atoms with Gasteiger partial charge in [-0.3, -0.25) is 4.79 Å². The SMILES string of the molecule is C[C@H](NC(=O)[C@@H](N)CO[Si](c1ccccc1)(c1ccccc1)C(C)(C)C)c1ccccc1. The van der Waals surface area contributed by atoms with E-state index in [0.29, 0.717) is 0 Å². The maximum Gasteiger partial charge on any atom is 0.261 e. The van der Waals surface area contributed by atoms with Gasteiger partial charge >= 0.3 is 0 Å². The Bertz CT molecular complexity index is 949. The number of amides is 1. The highest BCUT2D eigenvalue weighted by molar-refractivity contribution is 6.99. The third-order valence-corrected chi connectivity index (χ3v) is 10.9. The van der Waals surface area contributed by atoms with Crippen molar-refractivity contribution in [1.82, 2.24) is 5.32 Å². The topological polar surface area (TPSA) is 64.4 Å². The summed E-state index contributed by atoms with van der Waals surface area (Å²) in [5.41, 5.74) is 7.38. The molecule has 3 rings (SSSR count). The highest BCUT2D eigenvalue weighted by atomic mass is 28.4. The van der Waals surface area contributed by atoms with Crippen LogP contribution in [0.5, 0.6) is 0 Å². The van der Waals surface area contributed by atoms with Crippen molar-refractivity contribution in [3.05, 3.63) is 96.6 Å². The van der Waals surface area contributed by atoms with Crippen molar-refractivity contribution in [3.63, 3.8) is 0 Å². The molecule has 0 aliphatic rings. The van der Waals surface area contributed by atoms with Crippen LogP contribution in [0.1, 0.15) is 39.3 Å². The van der Waals surface area contributed by atoms with Crippen LogP contribution in [0.3, 0.4) is 0 Å². The molecule has 0 spiro atoms. The number of hydrogen-bond donors (Lipinski definition) is 2. The molecule has 0 fully saturated rings. The Labute approximate surface area is 192 Å². The third kappa shape index (κ3) is 5.18. The summed E-state index contributed by atoms with van der Waals surface area (Å²) < 4.78 is 6.79. The van der Waals surface area contributed by atoms with E-state index in [-0.39, 0.29) is 23.6 Å². The minimum absolute atomic E-state index is 0.123. The standard InChI is InChI=1S/C27H34N2O2Si/c1-21(22-14-8-5-9-15-22)29-26(30)25(28)20-31-32(27(2,3)4,23-16-10-6-11-17-23)24-18-12-7-13-19-24/h5-19,21,25H,20,28H2,1-4H3,(H,29,30)/t21-,25-/m0/s1. The van der Waals surface area contributed by atoms with E-state index in [2.05, 4.69) is 50.4 Å². The molecule has 0 aliphatic heterocycles. The van der Waals surface area contributed by atoms with Crippen LogP contribution < -0.4 is 21.4 Å². The molecule has 0 aliphatic carbocycles. The summed E-state index contributed by atoms with van der Waals surface area (Å²) in [6.07, 6.45) is 0. The normalized spacial score (nSPS) is 13.9. The number of rotatable bonds is 8. The Morgan fingerprint density at radius 3 is 1.75 bits per heavy atom. The number of carbonyl (C=O) groups excluding carboxylic acids is 1. The van der Waals surface area contributed by atoms with Crippen LogP contribution in [0.4, 0.5) is 0 Å². The lowest BCUT2D eigenvalue weighted by atomic mass is 10.1. The second kappa shape index (κ2) is 10.3. The largest absolute Gasteiger partial charge is 0.405 e. The molecule has 4 nitrogen and oxygen atoms in total. The van der Waals surface area contributed by atoms with E-state index in [1.165, 1.54) is 10.4 Å². The molecule has 0 radical (unpaired) electrons. The van der Waals surface area contributed by atoms with Gasteiger partial charge in [0.15, 0.2) is 0 Å². The van der Waals surface area contributed by atoms with Gasteiger partial charge in [-0.25, -0.2) is 0 Å². The van der Waals surface area contributed by atoms with Crippen molar-refractivity contribution in [3.8, 4) is 0 Å². The lowest BCUT2D eigenvalue weighted by Crippen LogP contribution is -2.67. The molecule has 2 atom stereocenters. The first-order chi connectivity index (χ1) is 15.3. The summed E-state index contributed by atoms with van der Waals surface area (Å²) in [5.74, 6) is -0.209. The van der Waals surface area contributed by atoms with Crippen LogP contribution in [0.15, 0.2) is 91.0 Å². The van der Waals surface area contributed by atoms with E-state index in [0.717, 1.165) is 5.56 Å². The minimum Gasteiger partial charge on any atom is -0.405 e. The fourth-order valence-electron chi connectivity index (χ4n) is 4.20. The first kappa shape index (κ1) is 23.9. The zero-order valence-electron chi connectivity index (χ0n) is 19.4. The second-order valence-electron chi connectivity index (χ2n) is 9.22. The first-order valence-corrected chi connectivity index (χ1v) is 13.0. The number of hydrogen-bond acceptors (Lipinski definition) is 3. The molecule has 5 heteroatoms. The van der Waals surface area contributed by atoms with E-state index in [1.54, 1.807) is 0 Å². The Morgan fingerprint density at radius 2 is 1.31 bits per heavy atom. The van der Waals surface area contributed by atoms with Crippen molar-refractivity contribution in [2.45, 2.75) is 44.8 Å². The molecule has 0 saturated carbocycles. The van der Waals surface area contributed by atoms with Crippen LogP contribution in [0.25, 0.3) is 0 Å². The average molecular weight is 447 g/mol. The highest BCUT2D eigenvalue weighted by Gasteiger charge is 2.50. The smallest absolute Gasteiger partial charge is 0.261 e. The van der Waals surface area contributed by atoms with Gasteiger partial charge in [0.2, 0.25) is 5.91 Å². The van der Waals surface area contributed by atoms with Crippen LogP contribution in [-0.2, 0) is 9.22 Å². The molecule has 1 amide bonds. The van der Waals surface area contributed by atoms with E-state index >= 15 is 0 Å². The van der Waals surface area contributed by atoms with Crippen molar-refractivity contribution in [2.75, 3.05) is 6.61 Å². The van der Waals surface area contributed by atoms with Gasteiger partial charge in [0.1, 0.15) is 6.04 Å². The van der Waals surface area contributed by atoms with Crippen molar-refractivity contribution in [2.24, 2.45) is 5.73 Å².